The van der Waals surface area contributed by atoms with Crippen LogP contribution in [-0.4, -0.2) is 16.2 Å². The fraction of sp³-hybridized carbons (Fsp3) is 0.500. The van der Waals surface area contributed by atoms with Crippen molar-refractivity contribution in [3.05, 3.63) is 23.7 Å². The Hall–Kier alpha value is -1.62. The second-order valence-electron chi connectivity index (χ2n) is 4.01. The van der Waals surface area contributed by atoms with Crippen molar-refractivity contribution in [3.8, 4) is 11.7 Å². The highest BCUT2D eigenvalue weighted by atomic mass is 16.5. The van der Waals surface area contributed by atoms with E-state index >= 15 is 0 Å². The largest absolute Gasteiger partial charge is 0.456 e. The molecule has 2 aromatic rings. The van der Waals surface area contributed by atoms with E-state index < -0.39 is 0 Å². The maximum Gasteiger partial charge on any atom is 0.293 e. The summed E-state index contributed by atoms with van der Waals surface area (Å²) in [5.74, 6) is 2.57. The van der Waals surface area contributed by atoms with Gasteiger partial charge in [0.15, 0.2) is 11.6 Å². The third kappa shape index (κ3) is 2.74. The SMILES string of the molecule is CCc1ccc(-c2nc(CC(N)CC)no2)o1. The molecule has 0 spiro atoms. The van der Waals surface area contributed by atoms with Crippen LogP contribution in [0.4, 0.5) is 0 Å². The van der Waals surface area contributed by atoms with Crippen LogP contribution in [-0.2, 0) is 12.8 Å². The highest BCUT2D eigenvalue weighted by molar-refractivity contribution is 5.44. The van der Waals surface area contributed by atoms with Gasteiger partial charge in [-0.25, -0.2) is 0 Å². The normalized spacial score (nSPS) is 12.9. The van der Waals surface area contributed by atoms with Gasteiger partial charge < -0.3 is 14.7 Å². The highest BCUT2D eigenvalue weighted by Crippen LogP contribution is 2.20. The lowest BCUT2D eigenvalue weighted by molar-refractivity contribution is 0.403. The summed E-state index contributed by atoms with van der Waals surface area (Å²) in [6.07, 6.45) is 2.37. The summed E-state index contributed by atoms with van der Waals surface area (Å²) in [5, 5.41) is 3.89. The number of nitrogens with two attached hydrogens (primary N) is 1. The van der Waals surface area contributed by atoms with Crippen LogP contribution >= 0.6 is 0 Å². The van der Waals surface area contributed by atoms with E-state index in [-0.39, 0.29) is 6.04 Å². The molecule has 2 N–H and O–H groups in total. The average Bonchev–Trinajstić information content (AvgIpc) is 2.96. The molecule has 0 aliphatic carbocycles. The Bertz CT molecular complexity index is 476. The number of aryl methyl sites for hydroxylation is 1. The minimum Gasteiger partial charge on any atom is -0.456 e. The Kier molecular flexibility index (Phi) is 3.58. The Morgan fingerprint density at radius 3 is 2.82 bits per heavy atom. The summed E-state index contributed by atoms with van der Waals surface area (Å²) in [5.41, 5.74) is 5.83. The first-order valence-electron chi connectivity index (χ1n) is 5.90. The predicted octanol–water partition coefficient (Wildman–Crippen LogP) is 2.17. The smallest absolute Gasteiger partial charge is 0.293 e. The zero-order chi connectivity index (χ0) is 12.3. The van der Waals surface area contributed by atoms with Crippen molar-refractivity contribution in [1.82, 2.24) is 10.1 Å². The van der Waals surface area contributed by atoms with Gasteiger partial charge in [-0.05, 0) is 18.6 Å². The van der Waals surface area contributed by atoms with Crippen LogP contribution in [0.3, 0.4) is 0 Å². The maximum absolute atomic E-state index is 5.83. The molecule has 0 bridgehead atoms. The molecule has 1 unspecified atom stereocenters. The van der Waals surface area contributed by atoms with Crippen LogP contribution in [0.15, 0.2) is 21.1 Å². The summed E-state index contributed by atoms with van der Waals surface area (Å²) in [6, 6.07) is 3.83. The number of furan rings is 1. The number of rotatable bonds is 5. The number of nitrogens with zero attached hydrogens (tertiary/aromatic N) is 2. The topological polar surface area (TPSA) is 78.1 Å². The van der Waals surface area contributed by atoms with E-state index in [1.165, 1.54) is 0 Å². The van der Waals surface area contributed by atoms with Gasteiger partial charge in [0.05, 0.1) is 0 Å². The van der Waals surface area contributed by atoms with Crippen LogP contribution in [0.5, 0.6) is 0 Å². The molecular formula is C12H17N3O2. The van der Waals surface area contributed by atoms with Gasteiger partial charge in [-0.3, -0.25) is 0 Å². The molecule has 2 heterocycles. The van der Waals surface area contributed by atoms with Crippen molar-refractivity contribution in [2.75, 3.05) is 0 Å². The van der Waals surface area contributed by atoms with Crippen molar-refractivity contribution in [1.29, 1.82) is 0 Å². The first-order chi connectivity index (χ1) is 8.22. The van der Waals surface area contributed by atoms with Gasteiger partial charge in [0.1, 0.15) is 5.76 Å². The molecule has 5 nitrogen and oxygen atoms in total. The minimum atomic E-state index is 0.0725. The third-order valence-electron chi connectivity index (χ3n) is 2.66. The van der Waals surface area contributed by atoms with Crippen molar-refractivity contribution in [3.63, 3.8) is 0 Å². The molecule has 0 saturated carbocycles. The molecule has 17 heavy (non-hydrogen) atoms. The quantitative estimate of drug-likeness (QED) is 0.859. The molecule has 92 valence electrons. The zero-order valence-electron chi connectivity index (χ0n) is 10.1. The van der Waals surface area contributed by atoms with E-state index in [4.69, 9.17) is 14.7 Å². The molecule has 0 radical (unpaired) electrons. The lowest BCUT2D eigenvalue weighted by Crippen LogP contribution is -2.21. The Morgan fingerprint density at radius 1 is 1.35 bits per heavy atom. The Balaban J connectivity index is 2.12. The Labute approximate surface area is 100.0 Å². The van der Waals surface area contributed by atoms with Gasteiger partial charge in [0.25, 0.3) is 5.89 Å². The van der Waals surface area contributed by atoms with Gasteiger partial charge >= 0.3 is 0 Å². The lowest BCUT2D eigenvalue weighted by atomic mass is 10.2. The number of hydrogen-bond donors (Lipinski definition) is 1. The van der Waals surface area contributed by atoms with E-state index in [0.29, 0.717) is 23.9 Å². The summed E-state index contributed by atoms with van der Waals surface area (Å²) in [7, 11) is 0. The second kappa shape index (κ2) is 5.14. The molecule has 0 amide bonds. The maximum atomic E-state index is 5.83. The fourth-order valence-corrected chi connectivity index (χ4v) is 1.50. The predicted molar refractivity (Wildman–Crippen MR) is 63.3 cm³/mol. The zero-order valence-corrected chi connectivity index (χ0v) is 10.1. The molecular weight excluding hydrogens is 218 g/mol. The van der Waals surface area contributed by atoms with Gasteiger partial charge in [-0.2, -0.15) is 4.98 Å². The monoisotopic (exact) mass is 235 g/mol. The van der Waals surface area contributed by atoms with E-state index in [2.05, 4.69) is 10.1 Å². The molecule has 0 aliphatic heterocycles. The standard InChI is InChI=1S/C12H17N3O2/c1-3-8(13)7-11-14-12(17-15-11)10-6-5-9(4-2)16-10/h5-6,8H,3-4,7,13H2,1-2H3. The van der Waals surface area contributed by atoms with Gasteiger partial charge in [-0.1, -0.05) is 19.0 Å². The number of aromatic nitrogens is 2. The van der Waals surface area contributed by atoms with Crippen molar-refractivity contribution < 1.29 is 8.94 Å². The van der Waals surface area contributed by atoms with Crippen molar-refractivity contribution in [2.24, 2.45) is 5.73 Å². The molecule has 5 heteroatoms. The molecule has 0 fully saturated rings. The molecule has 0 aliphatic rings. The van der Waals surface area contributed by atoms with Gasteiger partial charge in [0, 0.05) is 18.9 Å². The molecule has 2 rings (SSSR count). The lowest BCUT2D eigenvalue weighted by Gasteiger charge is -2.02. The van der Waals surface area contributed by atoms with Crippen LogP contribution in [0.25, 0.3) is 11.7 Å². The van der Waals surface area contributed by atoms with E-state index in [0.717, 1.165) is 18.6 Å². The van der Waals surface area contributed by atoms with Crippen LogP contribution in [0.1, 0.15) is 31.9 Å². The fourth-order valence-electron chi connectivity index (χ4n) is 1.50. The minimum absolute atomic E-state index is 0.0725. The molecule has 1 atom stereocenters. The molecule has 0 aromatic carbocycles. The average molecular weight is 235 g/mol. The third-order valence-corrected chi connectivity index (χ3v) is 2.66. The first kappa shape index (κ1) is 11.9. The number of hydrogen-bond acceptors (Lipinski definition) is 5. The van der Waals surface area contributed by atoms with Gasteiger partial charge in [0.2, 0.25) is 0 Å². The van der Waals surface area contributed by atoms with Crippen LogP contribution in [0, 0.1) is 0 Å². The molecule has 2 aromatic heterocycles. The summed E-state index contributed by atoms with van der Waals surface area (Å²) in [4.78, 5) is 4.26. The van der Waals surface area contributed by atoms with E-state index in [9.17, 15) is 0 Å². The van der Waals surface area contributed by atoms with E-state index in [1.807, 2.05) is 26.0 Å². The van der Waals surface area contributed by atoms with Crippen molar-refractivity contribution in [2.45, 2.75) is 39.2 Å². The van der Waals surface area contributed by atoms with Crippen LogP contribution in [0.2, 0.25) is 0 Å². The van der Waals surface area contributed by atoms with Crippen molar-refractivity contribution >= 4 is 0 Å². The first-order valence-corrected chi connectivity index (χ1v) is 5.90. The summed E-state index contributed by atoms with van der Waals surface area (Å²) < 4.78 is 10.7. The van der Waals surface area contributed by atoms with Crippen LogP contribution < -0.4 is 5.73 Å². The highest BCUT2D eigenvalue weighted by Gasteiger charge is 2.14. The summed E-state index contributed by atoms with van der Waals surface area (Å²) >= 11 is 0. The Morgan fingerprint density at radius 2 is 2.18 bits per heavy atom. The molecule has 0 saturated heterocycles. The summed E-state index contributed by atoms with van der Waals surface area (Å²) in [6.45, 7) is 4.06. The van der Waals surface area contributed by atoms with E-state index in [1.54, 1.807) is 0 Å². The van der Waals surface area contributed by atoms with Gasteiger partial charge in [-0.15, -0.1) is 0 Å². The second-order valence-corrected chi connectivity index (χ2v) is 4.01.